The lowest BCUT2D eigenvalue weighted by Gasteiger charge is -2.32. The molecule has 0 fully saturated rings. The maximum atomic E-state index is 14.0. The number of nitrogens with zero attached hydrogens (tertiary/aromatic N) is 5. The number of benzene rings is 2. The number of carbonyl (C=O) groups is 2. The number of carbonyl (C=O) groups excluding carboxylic acids is 2. The lowest BCUT2D eigenvalue weighted by atomic mass is 10.0. The number of fused-ring (bicyclic) bond motifs is 1. The highest BCUT2D eigenvalue weighted by molar-refractivity contribution is 6.02. The van der Waals surface area contributed by atoms with Crippen molar-refractivity contribution in [2.45, 2.75) is 26.4 Å². The number of methoxy groups -OCH3 is 1. The van der Waals surface area contributed by atoms with Gasteiger partial charge in [0.1, 0.15) is 18.1 Å². The molecule has 2 aromatic carbocycles. The smallest absolute Gasteiger partial charge is 0.249 e. The van der Waals surface area contributed by atoms with Crippen LogP contribution in [0, 0.1) is 13.8 Å². The van der Waals surface area contributed by atoms with Gasteiger partial charge < -0.3 is 10.1 Å². The van der Waals surface area contributed by atoms with Gasteiger partial charge >= 0.3 is 0 Å². The first-order chi connectivity index (χ1) is 17.0. The maximum absolute atomic E-state index is 14.0. The van der Waals surface area contributed by atoms with E-state index >= 15 is 0 Å². The molecule has 0 saturated carbocycles. The van der Waals surface area contributed by atoms with Crippen LogP contribution in [0.25, 0.3) is 11.0 Å². The molecular formula is C26H28N6O3. The monoisotopic (exact) mass is 472 g/mol. The second kappa shape index (κ2) is 10.9. The van der Waals surface area contributed by atoms with Crippen LogP contribution in [0.15, 0.2) is 67.0 Å². The van der Waals surface area contributed by atoms with E-state index in [0.29, 0.717) is 29.9 Å². The molecule has 0 aliphatic carbocycles. The normalized spacial score (nSPS) is 11.9. The van der Waals surface area contributed by atoms with E-state index in [9.17, 15) is 9.59 Å². The molecule has 2 amide bonds. The van der Waals surface area contributed by atoms with Gasteiger partial charge in [-0.05, 0) is 55.3 Å². The molecule has 0 bridgehead atoms. The molecule has 0 aliphatic rings. The van der Waals surface area contributed by atoms with Gasteiger partial charge in [0.05, 0.1) is 12.1 Å². The summed E-state index contributed by atoms with van der Waals surface area (Å²) in [5.41, 5.74) is 4.67. The average molecular weight is 473 g/mol. The third-order valence-corrected chi connectivity index (χ3v) is 5.72. The lowest BCUT2D eigenvalue weighted by Crippen LogP contribution is -2.46. The predicted octanol–water partition coefficient (Wildman–Crippen LogP) is 2.98. The van der Waals surface area contributed by atoms with Gasteiger partial charge in [-0.1, -0.05) is 35.0 Å². The summed E-state index contributed by atoms with van der Waals surface area (Å²) in [4.78, 5) is 33.1. The molecule has 1 N–H and O–H groups in total. The number of nitrogens with one attached hydrogen (secondary N) is 1. The number of rotatable bonds is 9. The van der Waals surface area contributed by atoms with Gasteiger partial charge in [0.2, 0.25) is 11.8 Å². The van der Waals surface area contributed by atoms with Crippen molar-refractivity contribution in [3.63, 3.8) is 0 Å². The van der Waals surface area contributed by atoms with Crippen molar-refractivity contribution in [3.8, 4) is 0 Å². The molecule has 9 heteroatoms. The molecular weight excluding hydrogens is 444 g/mol. The Bertz CT molecular complexity index is 1320. The standard InChI is InChI=1S/C26H28N6O3/c1-18-8-9-22(19(2)16-18)32(24(33)17-31-23-7-5-4-6-21(23)29-30-31)25(20-10-12-27-13-11-20)26(34)28-14-15-35-3/h4-13,16,25H,14-15,17H2,1-3H3,(H,28,34)/t25-/m1/s1. The molecule has 2 heterocycles. The molecule has 9 nitrogen and oxygen atoms in total. The maximum Gasteiger partial charge on any atom is 0.249 e. The summed E-state index contributed by atoms with van der Waals surface area (Å²) in [6, 6.07) is 15.8. The Morgan fingerprint density at radius 3 is 2.60 bits per heavy atom. The van der Waals surface area contributed by atoms with Gasteiger partial charge in [-0.15, -0.1) is 5.10 Å². The number of hydrogen-bond acceptors (Lipinski definition) is 6. The van der Waals surface area contributed by atoms with E-state index in [4.69, 9.17) is 4.74 Å². The van der Waals surface area contributed by atoms with Crippen LogP contribution in [0.5, 0.6) is 0 Å². The molecule has 0 aliphatic heterocycles. The van der Waals surface area contributed by atoms with Crippen LogP contribution in [0.1, 0.15) is 22.7 Å². The van der Waals surface area contributed by atoms with E-state index in [-0.39, 0.29) is 18.4 Å². The highest BCUT2D eigenvalue weighted by Crippen LogP contribution is 2.31. The molecule has 4 rings (SSSR count). The lowest BCUT2D eigenvalue weighted by molar-refractivity contribution is -0.127. The Morgan fingerprint density at radius 1 is 1.09 bits per heavy atom. The van der Waals surface area contributed by atoms with Crippen molar-refractivity contribution >= 4 is 28.5 Å². The summed E-state index contributed by atoms with van der Waals surface area (Å²) in [6.07, 6.45) is 3.22. The number of aryl methyl sites for hydroxylation is 2. The van der Waals surface area contributed by atoms with E-state index in [2.05, 4.69) is 20.6 Å². The zero-order valence-electron chi connectivity index (χ0n) is 20.0. The van der Waals surface area contributed by atoms with Crippen LogP contribution in [-0.4, -0.2) is 52.1 Å². The zero-order chi connectivity index (χ0) is 24.8. The van der Waals surface area contributed by atoms with Gasteiger partial charge in [0, 0.05) is 31.7 Å². The van der Waals surface area contributed by atoms with E-state index in [1.165, 1.54) is 0 Å². The molecule has 180 valence electrons. The van der Waals surface area contributed by atoms with Gasteiger partial charge in [-0.2, -0.15) is 0 Å². The fourth-order valence-electron chi connectivity index (χ4n) is 4.07. The molecule has 4 aromatic rings. The number of ether oxygens (including phenoxy) is 1. The van der Waals surface area contributed by atoms with Crippen LogP contribution in [0.2, 0.25) is 0 Å². The first-order valence-electron chi connectivity index (χ1n) is 11.3. The Hall–Kier alpha value is -4.11. The fraction of sp³-hybridized carbons (Fsp3) is 0.269. The molecule has 0 saturated heterocycles. The molecule has 2 aromatic heterocycles. The van der Waals surface area contributed by atoms with Crippen LogP contribution in [0.3, 0.4) is 0 Å². The molecule has 0 spiro atoms. The van der Waals surface area contributed by atoms with E-state index < -0.39 is 6.04 Å². The minimum Gasteiger partial charge on any atom is -0.383 e. The van der Waals surface area contributed by atoms with Crippen LogP contribution < -0.4 is 10.2 Å². The zero-order valence-corrected chi connectivity index (χ0v) is 20.0. The van der Waals surface area contributed by atoms with Crippen molar-refractivity contribution in [1.82, 2.24) is 25.3 Å². The summed E-state index contributed by atoms with van der Waals surface area (Å²) >= 11 is 0. The van der Waals surface area contributed by atoms with Gasteiger partial charge in [0.25, 0.3) is 0 Å². The minimum absolute atomic E-state index is 0.0826. The Kier molecular flexibility index (Phi) is 7.47. The third kappa shape index (κ3) is 5.36. The highest BCUT2D eigenvalue weighted by Gasteiger charge is 2.34. The number of hydrogen-bond donors (Lipinski definition) is 1. The predicted molar refractivity (Wildman–Crippen MR) is 133 cm³/mol. The second-order valence-electron chi connectivity index (χ2n) is 8.26. The van der Waals surface area contributed by atoms with Crippen molar-refractivity contribution in [3.05, 3.63) is 83.7 Å². The van der Waals surface area contributed by atoms with Gasteiger partial charge in [-0.25, -0.2) is 4.68 Å². The van der Waals surface area contributed by atoms with Gasteiger partial charge in [0.15, 0.2) is 0 Å². The molecule has 1 atom stereocenters. The summed E-state index contributed by atoms with van der Waals surface area (Å²) in [5, 5.41) is 11.2. The Balaban J connectivity index is 1.79. The first-order valence-corrected chi connectivity index (χ1v) is 11.3. The summed E-state index contributed by atoms with van der Waals surface area (Å²) in [7, 11) is 1.57. The second-order valence-corrected chi connectivity index (χ2v) is 8.26. The van der Waals surface area contributed by atoms with Crippen LogP contribution in [0.4, 0.5) is 5.69 Å². The van der Waals surface area contributed by atoms with Crippen molar-refractivity contribution < 1.29 is 14.3 Å². The number of amides is 2. The van der Waals surface area contributed by atoms with Crippen LogP contribution >= 0.6 is 0 Å². The summed E-state index contributed by atoms with van der Waals surface area (Å²) in [6.45, 7) is 4.51. The minimum atomic E-state index is -0.918. The quantitative estimate of drug-likeness (QED) is 0.376. The molecule has 0 radical (unpaired) electrons. The van der Waals surface area contributed by atoms with Crippen molar-refractivity contribution in [2.24, 2.45) is 0 Å². The van der Waals surface area contributed by atoms with E-state index in [1.807, 2.05) is 56.3 Å². The third-order valence-electron chi connectivity index (χ3n) is 5.72. The van der Waals surface area contributed by atoms with Crippen molar-refractivity contribution in [2.75, 3.05) is 25.2 Å². The number of anilines is 1. The summed E-state index contributed by atoms with van der Waals surface area (Å²) < 4.78 is 6.65. The average Bonchev–Trinajstić information content (AvgIpc) is 3.26. The Morgan fingerprint density at radius 2 is 1.86 bits per heavy atom. The summed E-state index contributed by atoms with van der Waals surface area (Å²) in [5.74, 6) is -0.610. The first kappa shape index (κ1) is 24.0. The highest BCUT2D eigenvalue weighted by atomic mass is 16.5. The Labute approximate surface area is 203 Å². The largest absolute Gasteiger partial charge is 0.383 e. The number of para-hydroxylation sites is 1. The van der Waals surface area contributed by atoms with Crippen molar-refractivity contribution in [1.29, 1.82) is 0 Å². The van der Waals surface area contributed by atoms with E-state index in [1.54, 1.807) is 41.2 Å². The SMILES string of the molecule is COCCNC(=O)[C@@H](c1ccncc1)N(C(=O)Cn1nnc2ccccc21)c1ccc(C)cc1C. The fourth-order valence-corrected chi connectivity index (χ4v) is 4.07. The molecule has 0 unspecified atom stereocenters. The number of aromatic nitrogens is 4. The molecule has 35 heavy (non-hydrogen) atoms. The van der Waals surface area contributed by atoms with E-state index in [0.717, 1.165) is 16.6 Å². The van der Waals surface area contributed by atoms with Gasteiger partial charge in [-0.3, -0.25) is 19.5 Å². The topological polar surface area (TPSA) is 102 Å². The number of pyridine rings is 1. The van der Waals surface area contributed by atoms with Crippen LogP contribution in [-0.2, 0) is 20.9 Å².